The lowest BCUT2D eigenvalue weighted by atomic mass is 9.81. The predicted molar refractivity (Wildman–Crippen MR) is 157 cm³/mol. The molecule has 0 radical (unpaired) electrons. The number of aryl methyl sites for hydroxylation is 2. The number of nitrogens with zero attached hydrogens (tertiary/aromatic N) is 4. The molecule has 4 aromatic heterocycles. The lowest BCUT2D eigenvalue weighted by Crippen LogP contribution is -2.31. The molecule has 4 aromatic rings. The van der Waals surface area contributed by atoms with Gasteiger partial charge in [-0.2, -0.15) is 26.3 Å². The SMILES string of the molecule is CC(=O)Cc1csc(-c2cnc(C(F)(F)F)c(C)c2)n1.CC(=O)Nc1csc(Br)n1.Cc1cc(B(O)O)cnc1C(F)(F)F. The van der Waals surface area contributed by atoms with E-state index in [4.69, 9.17) is 10.0 Å². The Bertz CT molecular complexity index is 1600. The molecule has 0 spiro atoms. The van der Waals surface area contributed by atoms with Crippen LogP contribution in [0.2, 0.25) is 0 Å². The largest absolute Gasteiger partial charge is 0.490 e. The van der Waals surface area contributed by atoms with E-state index < -0.39 is 30.9 Å². The summed E-state index contributed by atoms with van der Waals surface area (Å²) in [6.07, 6.45) is -6.79. The quantitative estimate of drug-likeness (QED) is 0.178. The van der Waals surface area contributed by atoms with Crippen LogP contribution in [0.25, 0.3) is 10.6 Å². The minimum Gasteiger partial charge on any atom is -0.423 e. The molecule has 236 valence electrons. The van der Waals surface area contributed by atoms with Crippen molar-refractivity contribution in [3.8, 4) is 10.6 Å². The summed E-state index contributed by atoms with van der Waals surface area (Å²) in [5.74, 6) is 0.491. The van der Waals surface area contributed by atoms with Crippen molar-refractivity contribution in [3.63, 3.8) is 0 Å². The summed E-state index contributed by atoms with van der Waals surface area (Å²) in [6, 6.07) is 2.45. The van der Waals surface area contributed by atoms with Gasteiger partial charge in [0.05, 0.1) is 5.69 Å². The number of carbonyl (C=O) groups excluding carboxylic acids is 2. The number of aromatic nitrogens is 4. The zero-order valence-electron chi connectivity index (χ0n) is 23.2. The molecule has 0 saturated carbocycles. The zero-order valence-corrected chi connectivity index (χ0v) is 26.4. The second-order valence-electron chi connectivity index (χ2n) is 8.88. The first kappa shape index (κ1) is 36.9. The number of rotatable bonds is 5. The number of Topliss-reactive ketones (excluding diaryl/α,β-unsaturated/α-hetero) is 1. The van der Waals surface area contributed by atoms with Crippen molar-refractivity contribution in [1.29, 1.82) is 0 Å². The van der Waals surface area contributed by atoms with Crippen LogP contribution < -0.4 is 10.8 Å². The van der Waals surface area contributed by atoms with Crippen LogP contribution in [-0.4, -0.2) is 48.8 Å². The molecule has 4 heterocycles. The molecular formula is C25H23BBrF6N5O4S2. The highest BCUT2D eigenvalue weighted by molar-refractivity contribution is 9.11. The molecule has 0 aliphatic carbocycles. The Kier molecular flexibility index (Phi) is 13.1. The molecule has 44 heavy (non-hydrogen) atoms. The van der Waals surface area contributed by atoms with Gasteiger partial charge in [-0.1, -0.05) is 6.07 Å². The molecule has 0 unspecified atom stereocenters. The van der Waals surface area contributed by atoms with Crippen molar-refractivity contribution in [1.82, 2.24) is 19.9 Å². The molecule has 4 rings (SSSR count). The van der Waals surface area contributed by atoms with Crippen LogP contribution in [0, 0.1) is 13.8 Å². The highest BCUT2D eigenvalue weighted by Crippen LogP contribution is 2.33. The Balaban J connectivity index is 0.000000245. The number of thiazole rings is 2. The molecule has 1 amide bonds. The number of pyridine rings is 2. The van der Waals surface area contributed by atoms with Gasteiger partial charge in [0.2, 0.25) is 5.91 Å². The summed E-state index contributed by atoms with van der Waals surface area (Å²) in [5, 5.41) is 24.0. The molecule has 0 aromatic carbocycles. The minimum absolute atomic E-state index is 0.0106. The fourth-order valence-electron chi connectivity index (χ4n) is 3.29. The number of hydrogen-bond acceptors (Lipinski definition) is 10. The van der Waals surface area contributed by atoms with Gasteiger partial charge in [-0.15, -0.1) is 22.7 Å². The van der Waals surface area contributed by atoms with E-state index >= 15 is 0 Å². The maximum Gasteiger partial charge on any atom is 0.490 e. The van der Waals surface area contributed by atoms with Gasteiger partial charge in [-0.05, 0) is 53.9 Å². The Morgan fingerprint density at radius 3 is 1.91 bits per heavy atom. The number of nitrogens with one attached hydrogen (secondary N) is 1. The van der Waals surface area contributed by atoms with Gasteiger partial charge < -0.3 is 15.4 Å². The first-order chi connectivity index (χ1) is 20.3. The molecule has 0 aliphatic heterocycles. The van der Waals surface area contributed by atoms with Crippen LogP contribution in [0.1, 0.15) is 42.1 Å². The molecular weight excluding hydrogens is 703 g/mol. The Morgan fingerprint density at radius 1 is 0.909 bits per heavy atom. The highest BCUT2D eigenvalue weighted by atomic mass is 79.9. The first-order valence-electron chi connectivity index (χ1n) is 12.0. The van der Waals surface area contributed by atoms with Gasteiger partial charge in [0.1, 0.15) is 28.0 Å². The number of anilines is 1. The lowest BCUT2D eigenvalue weighted by Gasteiger charge is -2.09. The standard InChI is InChI=1S/C13H11F3N2OS.C7H7BF3NO2.C5H5BrN2OS/c1-7-3-9(5-17-11(7)13(14,15)16)12-18-10(6-20-12)4-8(2)19;1-4-2-5(8(13)14)3-12-6(4)7(9,10)11;1-3(9)7-4-2-10-5(6)8-4/h3,5-6H,4H2,1-2H3;2-3,13-14H,1H3;2H,1H3,(H,7,9). The number of ketones is 1. The third-order valence-electron chi connectivity index (χ3n) is 5.02. The average molecular weight is 726 g/mol. The lowest BCUT2D eigenvalue weighted by molar-refractivity contribution is -0.142. The van der Waals surface area contributed by atoms with Gasteiger partial charge in [0, 0.05) is 47.5 Å². The van der Waals surface area contributed by atoms with Gasteiger partial charge in [-0.3, -0.25) is 19.6 Å². The van der Waals surface area contributed by atoms with E-state index in [1.807, 2.05) is 0 Å². The van der Waals surface area contributed by atoms with E-state index in [0.29, 0.717) is 22.1 Å². The Labute approximate surface area is 263 Å². The van der Waals surface area contributed by atoms with E-state index in [1.54, 1.807) is 10.8 Å². The molecule has 0 fully saturated rings. The fourth-order valence-corrected chi connectivity index (χ4v) is 5.03. The van der Waals surface area contributed by atoms with Crippen molar-refractivity contribution < 1.29 is 46.0 Å². The van der Waals surface area contributed by atoms with E-state index in [9.17, 15) is 35.9 Å². The second kappa shape index (κ2) is 15.6. The summed E-state index contributed by atoms with van der Waals surface area (Å²) in [4.78, 5) is 36.2. The van der Waals surface area contributed by atoms with Gasteiger partial charge in [0.25, 0.3) is 0 Å². The minimum atomic E-state index is -4.51. The molecule has 0 saturated heterocycles. The maximum atomic E-state index is 12.6. The smallest absolute Gasteiger partial charge is 0.423 e. The van der Waals surface area contributed by atoms with Crippen molar-refractivity contribution in [2.45, 2.75) is 46.5 Å². The van der Waals surface area contributed by atoms with Crippen LogP contribution in [0.5, 0.6) is 0 Å². The third-order valence-corrected chi connectivity index (χ3v) is 7.33. The maximum absolute atomic E-state index is 12.6. The van der Waals surface area contributed by atoms with Crippen LogP contribution in [0.3, 0.4) is 0 Å². The Hall–Kier alpha value is -3.26. The fraction of sp³-hybridized carbons (Fsp3) is 0.280. The number of carbonyl (C=O) groups is 2. The van der Waals surface area contributed by atoms with Crippen LogP contribution in [0.4, 0.5) is 32.2 Å². The number of alkyl halides is 6. The summed E-state index contributed by atoms with van der Waals surface area (Å²) >= 11 is 5.90. The van der Waals surface area contributed by atoms with E-state index in [2.05, 4.69) is 41.2 Å². The Morgan fingerprint density at radius 2 is 1.48 bits per heavy atom. The predicted octanol–water partition coefficient (Wildman–Crippen LogP) is 5.62. The normalized spacial score (nSPS) is 11.1. The van der Waals surface area contributed by atoms with Gasteiger partial charge in [-0.25, -0.2) is 9.97 Å². The highest BCUT2D eigenvalue weighted by Gasteiger charge is 2.35. The molecule has 19 heteroatoms. The molecule has 0 aliphatic rings. The van der Waals surface area contributed by atoms with Crippen LogP contribution in [0.15, 0.2) is 39.2 Å². The topological polar surface area (TPSA) is 138 Å². The second-order valence-corrected chi connectivity index (χ2v) is 11.9. The number of hydrogen-bond donors (Lipinski definition) is 3. The first-order valence-corrected chi connectivity index (χ1v) is 14.6. The summed E-state index contributed by atoms with van der Waals surface area (Å²) < 4.78 is 75.2. The molecule has 0 bridgehead atoms. The van der Waals surface area contributed by atoms with Crippen molar-refractivity contribution in [2.24, 2.45) is 0 Å². The number of amides is 1. The summed E-state index contributed by atoms with van der Waals surface area (Å²) in [6.45, 7) is 5.49. The van der Waals surface area contributed by atoms with E-state index in [-0.39, 0.29) is 34.7 Å². The molecule has 3 N–H and O–H groups in total. The van der Waals surface area contributed by atoms with Crippen molar-refractivity contribution in [3.05, 3.63) is 67.4 Å². The van der Waals surface area contributed by atoms with Gasteiger partial charge in [0.15, 0.2) is 3.92 Å². The summed E-state index contributed by atoms with van der Waals surface area (Å²) in [5.41, 5.74) is -0.897. The van der Waals surface area contributed by atoms with E-state index in [1.165, 1.54) is 56.4 Å². The average Bonchev–Trinajstić information content (AvgIpc) is 3.51. The van der Waals surface area contributed by atoms with Gasteiger partial charge >= 0.3 is 19.5 Å². The van der Waals surface area contributed by atoms with Crippen LogP contribution in [-0.2, 0) is 28.4 Å². The van der Waals surface area contributed by atoms with Crippen molar-refractivity contribution >= 4 is 68.7 Å². The van der Waals surface area contributed by atoms with E-state index in [0.717, 1.165) is 22.4 Å². The number of halogens is 7. The monoisotopic (exact) mass is 725 g/mol. The molecule has 0 atom stereocenters. The summed E-state index contributed by atoms with van der Waals surface area (Å²) in [7, 11) is -1.80. The van der Waals surface area contributed by atoms with Crippen molar-refractivity contribution in [2.75, 3.05) is 5.32 Å². The zero-order chi connectivity index (χ0) is 33.4. The third kappa shape index (κ3) is 11.7. The molecule has 9 nitrogen and oxygen atoms in total. The van der Waals surface area contributed by atoms with Crippen LogP contribution >= 0.6 is 38.6 Å².